The Kier molecular flexibility index (Phi) is 5.96. The lowest BCUT2D eigenvalue weighted by molar-refractivity contribution is 0.0940. The molecule has 0 spiro atoms. The van der Waals surface area contributed by atoms with Gasteiger partial charge >= 0.3 is 0 Å². The second-order valence-electron chi connectivity index (χ2n) is 6.91. The number of ether oxygens (including phenoxy) is 1. The lowest BCUT2D eigenvalue weighted by Gasteiger charge is -2.14. The van der Waals surface area contributed by atoms with Crippen LogP contribution in [-0.4, -0.2) is 21.7 Å². The fourth-order valence-corrected chi connectivity index (χ4v) is 3.70. The van der Waals surface area contributed by atoms with E-state index in [1.165, 1.54) is 11.3 Å². The average Bonchev–Trinajstić information content (AvgIpc) is 3.20. The van der Waals surface area contributed by atoms with E-state index >= 15 is 0 Å². The molecule has 0 bridgehead atoms. The van der Waals surface area contributed by atoms with Gasteiger partial charge in [-0.25, -0.2) is 0 Å². The molecule has 5 nitrogen and oxygen atoms in total. The first-order chi connectivity index (χ1) is 12.9. The highest BCUT2D eigenvalue weighted by molar-refractivity contribution is 7.12. The molecule has 1 unspecified atom stereocenters. The molecule has 3 aromatic rings. The molecule has 1 aromatic carbocycles. The molecule has 27 heavy (non-hydrogen) atoms. The number of rotatable bonds is 7. The number of hydrogen-bond donors (Lipinski definition) is 1. The van der Waals surface area contributed by atoms with Crippen molar-refractivity contribution in [3.63, 3.8) is 0 Å². The van der Waals surface area contributed by atoms with E-state index in [1.54, 1.807) is 0 Å². The van der Waals surface area contributed by atoms with Crippen molar-refractivity contribution in [1.82, 2.24) is 15.1 Å². The number of carbonyl (C=O) groups is 1. The van der Waals surface area contributed by atoms with Crippen LogP contribution in [0.25, 0.3) is 0 Å². The minimum absolute atomic E-state index is 0.00964. The second-order valence-corrected chi connectivity index (χ2v) is 7.82. The third-order valence-corrected chi connectivity index (χ3v) is 5.18. The summed E-state index contributed by atoms with van der Waals surface area (Å²) in [5.74, 6) is 0.779. The molecule has 1 amide bonds. The van der Waals surface area contributed by atoms with E-state index in [1.807, 2.05) is 74.2 Å². The minimum atomic E-state index is -0.0594. The molecule has 0 fully saturated rings. The van der Waals surface area contributed by atoms with Crippen molar-refractivity contribution in [2.75, 3.05) is 0 Å². The van der Waals surface area contributed by atoms with Gasteiger partial charge in [-0.15, -0.1) is 11.3 Å². The summed E-state index contributed by atoms with van der Waals surface area (Å²) in [6, 6.07) is 11.9. The normalized spacial score (nSPS) is 12.0. The van der Waals surface area contributed by atoms with E-state index in [-0.39, 0.29) is 11.9 Å². The number of benzene rings is 1. The standard InChI is InChI=1S/C21H25N3O2S/c1-14-6-5-7-19(8-14)26-12-18-10-20(27-13-18)21(25)22-16(3)11-24-17(4)9-15(2)23-24/h5-10,13,16H,11-12H2,1-4H3,(H,22,25). The maximum Gasteiger partial charge on any atom is 0.261 e. The third-order valence-electron chi connectivity index (χ3n) is 4.20. The van der Waals surface area contributed by atoms with Crippen LogP contribution in [0.2, 0.25) is 0 Å². The fraction of sp³-hybridized carbons (Fsp3) is 0.333. The number of aryl methyl sites for hydroxylation is 3. The Bertz CT molecular complexity index is 929. The van der Waals surface area contributed by atoms with Gasteiger partial charge < -0.3 is 10.1 Å². The summed E-state index contributed by atoms with van der Waals surface area (Å²) >= 11 is 1.44. The summed E-state index contributed by atoms with van der Waals surface area (Å²) in [5, 5.41) is 9.46. The lowest BCUT2D eigenvalue weighted by atomic mass is 10.2. The molecule has 3 rings (SSSR count). The predicted molar refractivity (Wildman–Crippen MR) is 108 cm³/mol. The Labute approximate surface area is 164 Å². The molecule has 2 heterocycles. The van der Waals surface area contributed by atoms with Gasteiger partial charge in [0.15, 0.2) is 0 Å². The molecule has 2 aromatic heterocycles. The Balaban J connectivity index is 1.54. The molecular formula is C21H25N3O2S. The highest BCUT2D eigenvalue weighted by Gasteiger charge is 2.14. The number of nitrogens with zero attached hydrogens (tertiary/aromatic N) is 2. The largest absolute Gasteiger partial charge is 0.489 e. The first kappa shape index (κ1) is 19.2. The molecule has 0 saturated carbocycles. The van der Waals surface area contributed by atoms with Crippen molar-refractivity contribution < 1.29 is 9.53 Å². The Morgan fingerprint density at radius 1 is 1.26 bits per heavy atom. The van der Waals surface area contributed by atoms with Gasteiger partial charge in [-0.1, -0.05) is 12.1 Å². The summed E-state index contributed by atoms with van der Waals surface area (Å²) in [6.07, 6.45) is 0. The Hall–Kier alpha value is -2.60. The van der Waals surface area contributed by atoms with Crippen molar-refractivity contribution in [2.24, 2.45) is 0 Å². The van der Waals surface area contributed by atoms with Crippen molar-refractivity contribution in [3.8, 4) is 5.75 Å². The molecule has 6 heteroatoms. The monoisotopic (exact) mass is 383 g/mol. The van der Waals surface area contributed by atoms with Gasteiger partial charge in [0.05, 0.1) is 17.1 Å². The molecule has 0 aliphatic rings. The predicted octanol–water partition coefficient (Wildman–Crippen LogP) is 4.27. The molecule has 1 atom stereocenters. The lowest BCUT2D eigenvalue weighted by Crippen LogP contribution is -2.35. The van der Waals surface area contributed by atoms with Crippen LogP contribution in [0.4, 0.5) is 0 Å². The van der Waals surface area contributed by atoms with Crippen molar-refractivity contribution >= 4 is 17.2 Å². The van der Waals surface area contributed by atoms with E-state index in [0.717, 1.165) is 28.3 Å². The summed E-state index contributed by atoms with van der Waals surface area (Å²) in [4.78, 5) is 13.2. The summed E-state index contributed by atoms with van der Waals surface area (Å²) < 4.78 is 7.73. The van der Waals surface area contributed by atoms with Gasteiger partial charge in [0, 0.05) is 17.3 Å². The van der Waals surface area contributed by atoms with Crippen LogP contribution >= 0.6 is 11.3 Å². The number of nitrogens with one attached hydrogen (secondary N) is 1. The Morgan fingerprint density at radius 2 is 2.07 bits per heavy atom. The summed E-state index contributed by atoms with van der Waals surface area (Å²) in [6.45, 7) is 9.12. The van der Waals surface area contributed by atoms with Crippen LogP contribution in [0.15, 0.2) is 41.8 Å². The van der Waals surface area contributed by atoms with E-state index in [9.17, 15) is 4.79 Å². The van der Waals surface area contributed by atoms with E-state index in [0.29, 0.717) is 18.0 Å². The molecular weight excluding hydrogens is 358 g/mol. The van der Waals surface area contributed by atoms with Crippen LogP contribution in [0.5, 0.6) is 5.75 Å². The molecule has 142 valence electrons. The first-order valence-electron chi connectivity index (χ1n) is 8.99. The SMILES string of the molecule is Cc1cccc(OCc2csc(C(=O)NC(C)Cn3nc(C)cc3C)c2)c1. The number of thiophene rings is 1. The molecule has 0 saturated heterocycles. The Morgan fingerprint density at radius 3 is 2.78 bits per heavy atom. The smallest absolute Gasteiger partial charge is 0.261 e. The summed E-state index contributed by atoms with van der Waals surface area (Å²) in [7, 11) is 0. The van der Waals surface area contributed by atoms with E-state index in [2.05, 4.69) is 10.4 Å². The second kappa shape index (κ2) is 8.39. The van der Waals surface area contributed by atoms with Gasteiger partial charge in [-0.2, -0.15) is 5.10 Å². The zero-order chi connectivity index (χ0) is 19.4. The van der Waals surface area contributed by atoms with Crippen LogP contribution in [-0.2, 0) is 13.2 Å². The highest BCUT2D eigenvalue weighted by Crippen LogP contribution is 2.19. The molecule has 0 aliphatic heterocycles. The van der Waals surface area contributed by atoms with E-state index < -0.39 is 0 Å². The quantitative estimate of drug-likeness (QED) is 0.663. The van der Waals surface area contributed by atoms with Crippen LogP contribution < -0.4 is 10.1 Å². The van der Waals surface area contributed by atoms with Gasteiger partial charge in [0.25, 0.3) is 5.91 Å². The maximum absolute atomic E-state index is 12.5. The maximum atomic E-state index is 12.5. The van der Waals surface area contributed by atoms with E-state index in [4.69, 9.17) is 4.74 Å². The zero-order valence-corrected chi connectivity index (χ0v) is 17.0. The molecule has 1 N–H and O–H groups in total. The van der Waals surface area contributed by atoms with Crippen LogP contribution in [0.3, 0.4) is 0 Å². The molecule has 0 aliphatic carbocycles. The highest BCUT2D eigenvalue weighted by atomic mass is 32.1. The van der Waals surface area contributed by atoms with Crippen molar-refractivity contribution in [3.05, 3.63) is 69.2 Å². The zero-order valence-electron chi connectivity index (χ0n) is 16.2. The fourth-order valence-electron chi connectivity index (χ4n) is 2.90. The average molecular weight is 384 g/mol. The van der Waals surface area contributed by atoms with Gasteiger partial charge in [-0.05, 0) is 62.9 Å². The van der Waals surface area contributed by atoms with Crippen LogP contribution in [0.1, 0.15) is 39.1 Å². The number of amides is 1. The van der Waals surface area contributed by atoms with Crippen LogP contribution in [0, 0.1) is 20.8 Å². The number of hydrogen-bond acceptors (Lipinski definition) is 4. The van der Waals surface area contributed by atoms with Gasteiger partial charge in [0.2, 0.25) is 0 Å². The number of aromatic nitrogens is 2. The van der Waals surface area contributed by atoms with Crippen molar-refractivity contribution in [1.29, 1.82) is 0 Å². The number of carbonyl (C=O) groups excluding carboxylic acids is 1. The van der Waals surface area contributed by atoms with Crippen molar-refractivity contribution in [2.45, 2.75) is 46.9 Å². The van der Waals surface area contributed by atoms with Gasteiger partial charge in [-0.3, -0.25) is 9.48 Å². The topological polar surface area (TPSA) is 56.1 Å². The first-order valence-corrected chi connectivity index (χ1v) is 9.87. The van der Waals surface area contributed by atoms with Gasteiger partial charge in [0.1, 0.15) is 12.4 Å². The third kappa shape index (κ3) is 5.20. The minimum Gasteiger partial charge on any atom is -0.489 e. The molecule has 0 radical (unpaired) electrons. The summed E-state index contributed by atoms with van der Waals surface area (Å²) in [5.41, 5.74) is 4.25.